The molecule has 4 nitrogen and oxygen atoms in total. The number of H-pyrrole nitrogens is 1. The molecular weight excluding hydrogens is 406 g/mol. The number of aromatic nitrogens is 2. The second kappa shape index (κ2) is 8.40. The molecule has 3 aromatic carbocycles. The van der Waals surface area contributed by atoms with Crippen molar-refractivity contribution in [1.29, 1.82) is 0 Å². The fourth-order valence-electron chi connectivity index (χ4n) is 3.64. The normalized spacial score (nSPS) is 11.7. The minimum absolute atomic E-state index is 0.193. The van der Waals surface area contributed by atoms with Crippen molar-refractivity contribution in [3.63, 3.8) is 0 Å². The molecule has 0 bridgehead atoms. The molecule has 0 saturated carbocycles. The van der Waals surface area contributed by atoms with E-state index in [0.29, 0.717) is 22.1 Å². The highest BCUT2D eigenvalue weighted by Gasteiger charge is 2.17. The van der Waals surface area contributed by atoms with Crippen molar-refractivity contribution in [3.8, 4) is 0 Å². The summed E-state index contributed by atoms with van der Waals surface area (Å²) < 4.78 is 0. The number of nitrogens with one attached hydrogen (secondary N) is 2. The Morgan fingerprint density at radius 1 is 0.903 bits per heavy atom. The van der Waals surface area contributed by atoms with Crippen LogP contribution in [0.5, 0.6) is 0 Å². The fraction of sp³-hybridized carbons (Fsp3) is 0.154. The average molecular weight is 430 g/mol. The molecule has 2 N–H and O–H groups in total. The van der Waals surface area contributed by atoms with Crippen LogP contribution in [0.1, 0.15) is 44.0 Å². The van der Waals surface area contributed by atoms with Gasteiger partial charge in [-0.1, -0.05) is 41.9 Å². The zero-order valence-electron chi connectivity index (χ0n) is 18.0. The Labute approximate surface area is 187 Å². The zero-order chi connectivity index (χ0) is 22.1. The molecule has 0 unspecified atom stereocenters. The largest absolute Gasteiger partial charge is 0.336 e. The molecule has 156 valence electrons. The predicted molar refractivity (Wildman–Crippen MR) is 128 cm³/mol. The second-order valence-electron chi connectivity index (χ2n) is 7.74. The molecule has 0 aliphatic rings. The fourth-order valence-corrected chi connectivity index (χ4v) is 3.77. The topological polar surface area (TPSA) is 57.8 Å². The first-order valence-corrected chi connectivity index (χ1v) is 10.5. The highest BCUT2D eigenvalue weighted by molar-refractivity contribution is 6.30. The molecular formula is C26H24ClN3O. The molecule has 1 heterocycles. The van der Waals surface area contributed by atoms with Gasteiger partial charge in [0.05, 0.1) is 16.7 Å². The van der Waals surface area contributed by atoms with E-state index in [1.807, 2.05) is 48.5 Å². The van der Waals surface area contributed by atoms with Crippen molar-refractivity contribution in [2.24, 2.45) is 0 Å². The molecule has 4 aromatic rings. The minimum Gasteiger partial charge on any atom is -0.336 e. The van der Waals surface area contributed by atoms with E-state index in [9.17, 15) is 4.79 Å². The first kappa shape index (κ1) is 20.9. The highest BCUT2D eigenvalue weighted by Crippen LogP contribution is 2.29. The minimum atomic E-state index is -0.193. The molecule has 4 rings (SSSR count). The first-order valence-electron chi connectivity index (χ1n) is 10.1. The molecule has 31 heavy (non-hydrogen) atoms. The van der Waals surface area contributed by atoms with Crippen LogP contribution in [0.2, 0.25) is 5.02 Å². The Morgan fingerprint density at radius 3 is 2.23 bits per heavy atom. The van der Waals surface area contributed by atoms with Crippen LogP contribution in [-0.2, 0) is 0 Å². The number of aromatic amines is 1. The van der Waals surface area contributed by atoms with E-state index >= 15 is 0 Å². The number of hydrogen-bond donors (Lipinski definition) is 2. The molecule has 0 aliphatic heterocycles. The van der Waals surface area contributed by atoms with Gasteiger partial charge in [-0.25, -0.2) is 4.98 Å². The number of carbonyl (C=O) groups excluding carboxylic acids is 1. The van der Waals surface area contributed by atoms with Gasteiger partial charge in [0.1, 0.15) is 0 Å². The van der Waals surface area contributed by atoms with E-state index in [2.05, 4.69) is 38.0 Å². The smallest absolute Gasteiger partial charge is 0.255 e. The number of fused-ring (bicyclic) bond motifs is 1. The van der Waals surface area contributed by atoms with E-state index in [0.717, 1.165) is 27.7 Å². The van der Waals surface area contributed by atoms with E-state index in [4.69, 9.17) is 16.6 Å². The molecule has 0 radical (unpaired) electrons. The Bertz CT molecular complexity index is 1260. The van der Waals surface area contributed by atoms with Crippen molar-refractivity contribution in [3.05, 3.63) is 98.8 Å². The van der Waals surface area contributed by atoms with Gasteiger partial charge in [0.15, 0.2) is 5.82 Å². The first-order chi connectivity index (χ1) is 14.8. The molecule has 0 atom stereocenters. The monoisotopic (exact) mass is 429 g/mol. The lowest BCUT2D eigenvalue weighted by atomic mass is 9.98. The van der Waals surface area contributed by atoms with Gasteiger partial charge in [0.25, 0.3) is 5.91 Å². The Hall–Kier alpha value is -3.37. The van der Waals surface area contributed by atoms with Gasteiger partial charge >= 0.3 is 0 Å². The van der Waals surface area contributed by atoms with Gasteiger partial charge in [-0.15, -0.1) is 0 Å². The summed E-state index contributed by atoms with van der Waals surface area (Å²) in [6, 6.07) is 16.6. The number of nitrogens with zero attached hydrogens (tertiary/aromatic N) is 1. The van der Waals surface area contributed by atoms with Crippen LogP contribution >= 0.6 is 11.6 Å². The summed E-state index contributed by atoms with van der Waals surface area (Å²) in [6.45, 7) is 8.42. The van der Waals surface area contributed by atoms with Gasteiger partial charge in [-0.05, 0) is 85.9 Å². The zero-order valence-corrected chi connectivity index (χ0v) is 18.8. The predicted octanol–water partition coefficient (Wildman–Crippen LogP) is 6.38. The summed E-state index contributed by atoms with van der Waals surface area (Å²) in [4.78, 5) is 21.2. The van der Waals surface area contributed by atoms with Crippen molar-refractivity contribution in [2.45, 2.75) is 27.7 Å². The Morgan fingerprint density at radius 2 is 1.55 bits per heavy atom. The maximum absolute atomic E-state index is 12.9. The van der Waals surface area contributed by atoms with Crippen LogP contribution in [-0.4, -0.2) is 15.9 Å². The third kappa shape index (κ3) is 4.12. The van der Waals surface area contributed by atoms with Crippen LogP contribution in [0.15, 0.2) is 54.6 Å². The van der Waals surface area contributed by atoms with Gasteiger partial charge in [0.2, 0.25) is 0 Å². The van der Waals surface area contributed by atoms with Crippen LogP contribution < -0.4 is 5.32 Å². The number of carbonyl (C=O) groups is 1. The summed E-state index contributed by atoms with van der Waals surface area (Å²) in [5.74, 6) is 0.424. The Kier molecular flexibility index (Phi) is 5.66. The molecule has 0 aliphatic carbocycles. The Balaban J connectivity index is 1.84. The maximum atomic E-state index is 12.9. The number of benzene rings is 3. The average Bonchev–Trinajstić information content (AvgIpc) is 3.23. The highest BCUT2D eigenvalue weighted by atomic mass is 35.5. The van der Waals surface area contributed by atoms with Gasteiger partial charge < -0.3 is 10.3 Å². The van der Waals surface area contributed by atoms with Crippen molar-refractivity contribution < 1.29 is 4.79 Å². The molecule has 0 fully saturated rings. The van der Waals surface area contributed by atoms with Gasteiger partial charge in [0, 0.05) is 10.6 Å². The molecule has 0 saturated heterocycles. The summed E-state index contributed by atoms with van der Waals surface area (Å²) in [5, 5.41) is 3.70. The molecule has 1 amide bonds. The maximum Gasteiger partial charge on any atom is 0.255 e. The quantitative estimate of drug-likeness (QED) is 0.395. The van der Waals surface area contributed by atoms with Crippen LogP contribution in [0.3, 0.4) is 0 Å². The van der Waals surface area contributed by atoms with E-state index < -0.39 is 0 Å². The number of rotatable bonds is 4. The van der Waals surface area contributed by atoms with Crippen molar-refractivity contribution in [1.82, 2.24) is 15.3 Å². The lowest BCUT2D eigenvalue weighted by Crippen LogP contribution is -2.22. The van der Waals surface area contributed by atoms with E-state index in [-0.39, 0.29) is 5.91 Å². The summed E-state index contributed by atoms with van der Waals surface area (Å²) in [5.41, 5.74) is 8.79. The second-order valence-corrected chi connectivity index (χ2v) is 8.18. The summed E-state index contributed by atoms with van der Waals surface area (Å²) >= 11 is 6.04. The summed E-state index contributed by atoms with van der Waals surface area (Å²) in [7, 11) is 0. The SMILES string of the molecule is Cc1c(C)c(C)c2[nH]c(C(=Cc3ccc(Cl)cc3)NC(=O)c3ccccc3)nc2c1C. The number of imidazole rings is 1. The lowest BCUT2D eigenvalue weighted by molar-refractivity contribution is 0.0973. The lowest BCUT2D eigenvalue weighted by Gasteiger charge is -2.09. The number of aryl methyl sites for hydroxylation is 2. The van der Waals surface area contributed by atoms with Crippen LogP contribution in [0.4, 0.5) is 0 Å². The van der Waals surface area contributed by atoms with E-state index in [1.165, 1.54) is 11.1 Å². The standard InChI is InChI=1S/C26H24ClN3O/c1-15-16(2)18(4)24-23(17(15)3)29-25(30-24)22(14-19-10-12-21(27)13-11-19)28-26(31)20-8-6-5-7-9-20/h5-14H,1-4H3,(H,28,31)(H,29,30). The number of halogens is 1. The van der Waals surface area contributed by atoms with Gasteiger partial charge in [-0.3, -0.25) is 4.79 Å². The molecule has 1 aromatic heterocycles. The number of amides is 1. The summed E-state index contributed by atoms with van der Waals surface area (Å²) in [6.07, 6.45) is 1.90. The third-order valence-corrected chi connectivity index (χ3v) is 6.09. The van der Waals surface area contributed by atoms with Crippen LogP contribution in [0.25, 0.3) is 22.8 Å². The van der Waals surface area contributed by atoms with Crippen LogP contribution in [0, 0.1) is 27.7 Å². The van der Waals surface area contributed by atoms with E-state index in [1.54, 1.807) is 12.1 Å². The number of hydrogen-bond acceptors (Lipinski definition) is 2. The molecule has 5 heteroatoms. The van der Waals surface area contributed by atoms with Crippen molar-refractivity contribution in [2.75, 3.05) is 0 Å². The van der Waals surface area contributed by atoms with Gasteiger partial charge in [-0.2, -0.15) is 0 Å². The van der Waals surface area contributed by atoms with Crippen molar-refractivity contribution >= 4 is 40.3 Å². The third-order valence-electron chi connectivity index (χ3n) is 5.84. The molecule has 0 spiro atoms.